The van der Waals surface area contributed by atoms with Crippen molar-refractivity contribution in [2.75, 3.05) is 23.9 Å². The van der Waals surface area contributed by atoms with Crippen molar-refractivity contribution < 1.29 is 24.2 Å². The van der Waals surface area contributed by atoms with Crippen LogP contribution in [0.25, 0.3) is 0 Å². The van der Waals surface area contributed by atoms with E-state index in [0.29, 0.717) is 49.4 Å². The first-order chi connectivity index (χ1) is 12.0. The Hall–Kier alpha value is -2.57. The van der Waals surface area contributed by atoms with Gasteiger partial charge in [0, 0.05) is 30.6 Å². The minimum absolute atomic E-state index is 0.0701. The number of rotatable bonds is 5. The molecular formula is C18H22N2O5. The van der Waals surface area contributed by atoms with Crippen molar-refractivity contribution in [2.45, 2.75) is 32.1 Å². The van der Waals surface area contributed by atoms with Crippen molar-refractivity contribution in [1.29, 1.82) is 0 Å². The molecule has 1 aromatic carbocycles. The molecular weight excluding hydrogens is 324 g/mol. The molecule has 1 aliphatic heterocycles. The molecule has 25 heavy (non-hydrogen) atoms. The van der Waals surface area contributed by atoms with E-state index in [-0.39, 0.29) is 17.7 Å². The Morgan fingerprint density at radius 1 is 1.28 bits per heavy atom. The Kier molecular flexibility index (Phi) is 4.92. The number of benzene rings is 1. The number of carboxylic acid groups (broad SMARTS) is 1. The lowest BCUT2D eigenvalue weighted by Gasteiger charge is -2.20. The number of carboxylic acids is 1. The molecule has 1 saturated carbocycles. The highest BCUT2D eigenvalue weighted by Gasteiger charge is 2.34. The van der Waals surface area contributed by atoms with Crippen molar-refractivity contribution in [2.24, 2.45) is 11.8 Å². The maximum Gasteiger partial charge on any atom is 0.306 e. The molecule has 2 fully saturated rings. The fourth-order valence-corrected chi connectivity index (χ4v) is 3.57. The average Bonchev–Trinajstić information content (AvgIpc) is 3.24. The van der Waals surface area contributed by atoms with Gasteiger partial charge in [0.05, 0.1) is 18.7 Å². The molecule has 0 aromatic heterocycles. The lowest BCUT2D eigenvalue weighted by molar-refractivity contribution is -0.141. The number of amides is 2. The lowest BCUT2D eigenvalue weighted by atomic mass is 10.0. The molecule has 134 valence electrons. The summed E-state index contributed by atoms with van der Waals surface area (Å²) >= 11 is 0. The van der Waals surface area contributed by atoms with E-state index >= 15 is 0 Å². The molecule has 1 saturated heterocycles. The Morgan fingerprint density at radius 3 is 2.64 bits per heavy atom. The largest absolute Gasteiger partial charge is 0.494 e. The predicted octanol–water partition coefficient (Wildman–Crippen LogP) is 2.26. The first-order valence-corrected chi connectivity index (χ1v) is 8.51. The first kappa shape index (κ1) is 17.3. The van der Waals surface area contributed by atoms with Crippen LogP contribution >= 0.6 is 0 Å². The summed E-state index contributed by atoms with van der Waals surface area (Å²) in [6.07, 6.45) is 2.85. The molecule has 7 nitrogen and oxygen atoms in total. The van der Waals surface area contributed by atoms with Crippen molar-refractivity contribution in [3.8, 4) is 5.75 Å². The molecule has 2 atom stereocenters. The van der Waals surface area contributed by atoms with Gasteiger partial charge in [-0.1, -0.05) is 0 Å². The number of hydrogen-bond acceptors (Lipinski definition) is 4. The quantitative estimate of drug-likeness (QED) is 0.852. The third kappa shape index (κ3) is 3.60. The highest BCUT2D eigenvalue weighted by atomic mass is 16.5. The number of anilines is 2. The van der Waals surface area contributed by atoms with Crippen LogP contribution in [-0.4, -0.2) is 36.5 Å². The minimum Gasteiger partial charge on any atom is -0.494 e. The van der Waals surface area contributed by atoms with Gasteiger partial charge in [-0.15, -0.1) is 0 Å². The van der Waals surface area contributed by atoms with Gasteiger partial charge in [0.1, 0.15) is 5.75 Å². The fourth-order valence-electron chi connectivity index (χ4n) is 3.57. The first-order valence-electron chi connectivity index (χ1n) is 8.51. The summed E-state index contributed by atoms with van der Waals surface area (Å²) in [7, 11) is 1.53. The van der Waals surface area contributed by atoms with Gasteiger partial charge in [0.25, 0.3) is 0 Å². The zero-order valence-corrected chi connectivity index (χ0v) is 14.2. The van der Waals surface area contributed by atoms with Gasteiger partial charge in [-0.05, 0) is 37.8 Å². The normalized spacial score (nSPS) is 22.9. The van der Waals surface area contributed by atoms with Crippen molar-refractivity contribution in [1.82, 2.24) is 0 Å². The van der Waals surface area contributed by atoms with Gasteiger partial charge >= 0.3 is 5.97 Å². The van der Waals surface area contributed by atoms with Crippen molar-refractivity contribution in [3.05, 3.63) is 18.2 Å². The van der Waals surface area contributed by atoms with Gasteiger partial charge in [-0.3, -0.25) is 14.4 Å². The van der Waals surface area contributed by atoms with Crippen LogP contribution in [0.2, 0.25) is 0 Å². The summed E-state index contributed by atoms with van der Waals surface area (Å²) < 4.78 is 5.38. The summed E-state index contributed by atoms with van der Waals surface area (Å²) in [6.45, 7) is 0.666. The zero-order valence-electron chi connectivity index (χ0n) is 14.2. The zero-order chi connectivity index (χ0) is 18.0. The Bertz CT molecular complexity index is 703. The molecule has 0 spiro atoms. The molecule has 1 aromatic rings. The van der Waals surface area contributed by atoms with Gasteiger partial charge < -0.3 is 20.1 Å². The number of nitrogens with zero attached hydrogens (tertiary/aromatic N) is 1. The number of carbonyl (C=O) groups excluding carboxylic acids is 2. The Labute approximate surface area is 146 Å². The smallest absolute Gasteiger partial charge is 0.306 e. The van der Waals surface area contributed by atoms with E-state index < -0.39 is 11.9 Å². The molecule has 3 rings (SSSR count). The number of nitrogens with one attached hydrogen (secondary N) is 1. The summed E-state index contributed by atoms with van der Waals surface area (Å²) in [5.41, 5.74) is 1.28. The monoisotopic (exact) mass is 346 g/mol. The molecule has 0 radical (unpaired) electrons. The second kappa shape index (κ2) is 7.13. The minimum atomic E-state index is -0.836. The summed E-state index contributed by atoms with van der Waals surface area (Å²) in [5, 5.41) is 11.9. The second-order valence-electron chi connectivity index (χ2n) is 6.57. The molecule has 7 heteroatoms. The van der Waals surface area contributed by atoms with Gasteiger partial charge in [0.15, 0.2) is 0 Å². The van der Waals surface area contributed by atoms with E-state index in [9.17, 15) is 14.4 Å². The summed E-state index contributed by atoms with van der Waals surface area (Å²) in [4.78, 5) is 37.0. The maximum absolute atomic E-state index is 12.4. The van der Waals surface area contributed by atoms with Crippen LogP contribution in [0.3, 0.4) is 0 Å². The highest BCUT2D eigenvalue weighted by molar-refractivity contribution is 5.98. The van der Waals surface area contributed by atoms with E-state index in [1.807, 2.05) is 0 Å². The fraction of sp³-hybridized carbons (Fsp3) is 0.500. The van der Waals surface area contributed by atoms with Crippen LogP contribution in [0.15, 0.2) is 18.2 Å². The van der Waals surface area contributed by atoms with Crippen LogP contribution in [0.4, 0.5) is 11.4 Å². The summed E-state index contributed by atoms with van der Waals surface area (Å²) in [5.74, 6) is -1.13. The number of carbonyl (C=O) groups is 3. The predicted molar refractivity (Wildman–Crippen MR) is 91.7 cm³/mol. The third-order valence-corrected chi connectivity index (χ3v) is 4.96. The molecule has 0 bridgehead atoms. The van der Waals surface area contributed by atoms with Crippen LogP contribution in [0.5, 0.6) is 5.75 Å². The topological polar surface area (TPSA) is 95.9 Å². The molecule has 2 aliphatic rings. The van der Waals surface area contributed by atoms with Crippen molar-refractivity contribution >= 4 is 29.2 Å². The van der Waals surface area contributed by atoms with E-state index in [2.05, 4.69) is 5.32 Å². The van der Waals surface area contributed by atoms with Crippen LogP contribution in [0, 0.1) is 11.8 Å². The summed E-state index contributed by atoms with van der Waals surface area (Å²) in [6, 6.07) is 5.21. The average molecular weight is 346 g/mol. The van der Waals surface area contributed by atoms with E-state index in [1.165, 1.54) is 7.11 Å². The standard InChI is InChI=1S/C18H22N2O5/c1-25-15-10-13(6-7-14(15)20-8-2-3-16(20)21)19-17(22)11-4-5-12(9-11)18(23)24/h6-7,10-12H,2-5,8-9H2,1H3,(H,19,22)(H,23,24)/t11-,12+/m1/s1. The van der Waals surface area contributed by atoms with E-state index in [1.54, 1.807) is 23.1 Å². The maximum atomic E-state index is 12.4. The molecule has 1 heterocycles. The van der Waals surface area contributed by atoms with E-state index in [0.717, 1.165) is 6.42 Å². The van der Waals surface area contributed by atoms with Gasteiger partial charge in [-0.25, -0.2) is 0 Å². The van der Waals surface area contributed by atoms with Crippen LogP contribution in [0.1, 0.15) is 32.1 Å². The lowest BCUT2D eigenvalue weighted by Crippen LogP contribution is -2.24. The number of methoxy groups -OCH3 is 1. The Balaban J connectivity index is 1.70. The Morgan fingerprint density at radius 2 is 2.04 bits per heavy atom. The number of aliphatic carboxylic acids is 1. The number of hydrogen-bond donors (Lipinski definition) is 2. The second-order valence-corrected chi connectivity index (χ2v) is 6.57. The molecule has 1 aliphatic carbocycles. The third-order valence-electron chi connectivity index (χ3n) is 4.96. The van der Waals surface area contributed by atoms with Crippen LogP contribution in [-0.2, 0) is 14.4 Å². The van der Waals surface area contributed by atoms with Gasteiger partial charge in [-0.2, -0.15) is 0 Å². The SMILES string of the molecule is COc1cc(NC(=O)[C@@H]2CC[C@H](C(=O)O)C2)ccc1N1CCCC1=O. The van der Waals surface area contributed by atoms with Crippen molar-refractivity contribution in [3.63, 3.8) is 0 Å². The molecule has 2 N–H and O–H groups in total. The molecule has 2 amide bonds. The van der Waals surface area contributed by atoms with Crippen LogP contribution < -0.4 is 15.0 Å². The molecule has 0 unspecified atom stereocenters. The van der Waals surface area contributed by atoms with E-state index in [4.69, 9.17) is 9.84 Å². The van der Waals surface area contributed by atoms with Gasteiger partial charge in [0.2, 0.25) is 11.8 Å². The highest BCUT2D eigenvalue weighted by Crippen LogP contribution is 2.35. The number of ether oxygens (including phenoxy) is 1.